The number of nitrogens with two attached hydrogens (primary N) is 1. The largest absolute Gasteiger partial charge is 0.285 e. The number of sulfonamides is 1. The lowest BCUT2D eigenvalue weighted by molar-refractivity contribution is 0.472. The highest BCUT2D eigenvalue weighted by Crippen LogP contribution is 2.11. The first-order chi connectivity index (χ1) is 5.55. The monoisotopic (exact) mass is 316 g/mol. The lowest BCUT2D eigenvalue weighted by Gasteiger charge is -2.12. The van der Waals surface area contributed by atoms with Gasteiger partial charge in [-0.3, -0.25) is 4.55 Å². The van der Waals surface area contributed by atoms with E-state index in [2.05, 4.69) is 21.3 Å². The van der Waals surface area contributed by atoms with Gasteiger partial charge in [0, 0.05) is 16.1 Å². The van der Waals surface area contributed by atoms with E-state index in [4.69, 9.17) is 16.3 Å². The molecule has 0 aromatic carbocycles. The first-order valence-electron chi connectivity index (χ1n) is 2.62. The fourth-order valence-corrected chi connectivity index (χ4v) is 3.51. The van der Waals surface area contributed by atoms with E-state index in [0.717, 1.165) is 0 Å². The Labute approximate surface area is 89.1 Å². The van der Waals surface area contributed by atoms with Gasteiger partial charge in [-0.25, -0.2) is 13.6 Å². The van der Waals surface area contributed by atoms with Gasteiger partial charge >= 0.3 is 0 Å². The zero-order valence-corrected chi connectivity index (χ0v) is 9.94. The molecule has 7 nitrogen and oxygen atoms in total. The zero-order valence-electron chi connectivity index (χ0n) is 5.96. The van der Waals surface area contributed by atoms with E-state index in [1.807, 2.05) is 0 Å². The van der Waals surface area contributed by atoms with Gasteiger partial charge in [0.25, 0.3) is 10.1 Å². The van der Waals surface area contributed by atoms with Crippen molar-refractivity contribution in [2.75, 3.05) is 6.54 Å². The molecule has 0 heterocycles. The molecule has 0 saturated carbocycles. The van der Waals surface area contributed by atoms with Gasteiger partial charge in [-0.2, -0.15) is 11.9 Å². The molecular formula is C2H6BrClN2O5S2. The number of primary sulfonamides is 1. The summed E-state index contributed by atoms with van der Waals surface area (Å²) in [5.74, 6) is 0. The lowest BCUT2D eigenvalue weighted by atomic mass is 10.8. The molecule has 0 aliphatic rings. The molecule has 0 fully saturated rings. The molecule has 80 valence electrons. The molecule has 1 atom stereocenters. The molecule has 0 bridgehead atoms. The summed E-state index contributed by atoms with van der Waals surface area (Å²) in [7, 11) is -9.20. The Morgan fingerprint density at radius 3 is 1.92 bits per heavy atom. The van der Waals surface area contributed by atoms with Crippen molar-refractivity contribution < 1.29 is 21.4 Å². The highest BCUT2D eigenvalue weighted by molar-refractivity contribution is 9.08. The Bertz CT molecular complexity index is 330. The first-order valence-corrected chi connectivity index (χ1v) is 6.78. The van der Waals surface area contributed by atoms with Crippen LogP contribution in [0.1, 0.15) is 0 Å². The van der Waals surface area contributed by atoms with E-state index < -0.39 is 31.3 Å². The molecular weight excluding hydrogens is 312 g/mol. The summed E-state index contributed by atoms with van der Waals surface area (Å²) in [6, 6.07) is 0. The topological polar surface area (TPSA) is 118 Å². The van der Waals surface area contributed by atoms with Gasteiger partial charge in [0.15, 0.2) is 0 Å². The average Bonchev–Trinajstić information content (AvgIpc) is 1.77. The maximum Gasteiger partial charge on any atom is 0.285 e. The summed E-state index contributed by atoms with van der Waals surface area (Å²) >= 11 is 7.70. The summed E-state index contributed by atoms with van der Waals surface area (Å²) in [4.78, 5) is 0. The van der Waals surface area contributed by atoms with Crippen molar-refractivity contribution in [3.63, 3.8) is 0 Å². The van der Waals surface area contributed by atoms with Gasteiger partial charge in [0.05, 0.1) is 6.54 Å². The van der Waals surface area contributed by atoms with E-state index in [-0.39, 0.29) is 0 Å². The van der Waals surface area contributed by atoms with E-state index in [1.165, 1.54) is 0 Å². The molecule has 0 radical (unpaired) electrons. The third-order valence-electron chi connectivity index (χ3n) is 0.986. The minimum Gasteiger partial charge on any atom is -0.284 e. The predicted octanol–water partition coefficient (Wildman–Crippen LogP) is -0.745. The van der Waals surface area contributed by atoms with Crippen molar-refractivity contribution >= 4 is 48.1 Å². The van der Waals surface area contributed by atoms with Crippen LogP contribution in [0.3, 0.4) is 0 Å². The third kappa shape index (κ3) is 5.10. The van der Waals surface area contributed by atoms with Crippen LogP contribution in [0.2, 0.25) is 0 Å². The Balaban J connectivity index is 5.03. The van der Waals surface area contributed by atoms with Crippen molar-refractivity contribution in [2.24, 2.45) is 5.14 Å². The van der Waals surface area contributed by atoms with Crippen LogP contribution in [0.5, 0.6) is 0 Å². The van der Waals surface area contributed by atoms with Gasteiger partial charge in [0.1, 0.15) is 0 Å². The van der Waals surface area contributed by atoms with Crippen LogP contribution in [0, 0.1) is 0 Å². The van der Waals surface area contributed by atoms with Crippen molar-refractivity contribution in [2.45, 2.75) is 4.58 Å². The van der Waals surface area contributed by atoms with Crippen LogP contribution >= 0.6 is 27.9 Å². The summed E-state index contributed by atoms with van der Waals surface area (Å²) < 4.78 is 49.2. The normalized spacial score (nSPS) is 16.1. The van der Waals surface area contributed by atoms with Crippen LogP contribution in [0.4, 0.5) is 0 Å². The molecule has 0 aliphatic heterocycles. The number of halogens is 2. The van der Waals surface area contributed by atoms with Crippen LogP contribution < -0.4 is 5.14 Å². The van der Waals surface area contributed by atoms with Crippen LogP contribution in [-0.2, 0) is 20.1 Å². The highest BCUT2D eigenvalue weighted by Gasteiger charge is 2.35. The molecule has 3 N–H and O–H groups in total. The molecule has 0 aromatic rings. The van der Waals surface area contributed by atoms with E-state index >= 15 is 0 Å². The first kappa shape index (κ1) is 13.5. The van der Waals surface area contributed by atoms with Gasteiger partial charge in [-0.1, -0.05) is 0 Å². The molecule has 0 rings (SSSR count). The second kappa shape index (κ2) is 4.38. The summed E-state index contributed by atoms with van der Waals surface area (Å²) in [5.41, 5.74) is 0. The fourth-order valence-electron chi connectivity index (χ4n) is 0.480. The molecule has 1 unspecified atom stereocenters. The lowest BCUT2D eigenvalue weighted by Crippen LogP contribution is -2.40. The highest BCUT2D eigenvalue weighted by atomic mass is 79.9. The molecule has 0 amide bonds. The molecule has 0 aromatic heterocycles. The molecule has 0 saturated heterocycles. The quantitative estimate of drug-likeness (QED) is 0.520. The minimum absolute atomic E-state index is 0.579. The van der Waals surface area contributed by atoms with Gasteiger partial charge < -0.3 is 0 Å². The van der Waals surface area contributed by atoms with Crippen molar-refractivity contribution in [1.29, 1.82) is 0 Å². The zero-order chi connectivity index (χ0) is 10.9. The Hall–Kier alpha value is 0.550. The molecule has 0 aliphatic carbocycles. The van der Waals surface area contributed by atoms with Gasteiger partial charge in [0.2, 0.25) is 14.6 Å². The minimum atomic E-state index is -4.79. The van der Waals surface area contributed by atoms with Crippen molar-refractivity contribution in [3.8, 4) is 0 Å². The second-order valence-corrected chi connectivity index (χ2v) is 7.34. The number of nitrogens with zero attached hydrogens (tertiary/aromatic N) is 1. The van der Waals surface area contributed by atoms with Crippen molar-refractivity contribution in [1.82, 2.24) is 3.45 Å². The fraction of sp³-hybridized carbons (Fsp3) is 1.00. The van der Waals surface area contributed by atoms with Crippen LogP contribution in [0.25, 0.3) is 0 Å². The predicted molar refractivity (Wildman–Crippen MR) is 49.9 cm³/mol. The molecule has 13 heavy (non-hydrogen) atoms. The molecule has 0 spiro atoms. The van der Waals surface area contributed by atoms with Crippen LogP contribution in [0.15, 0.2) is 0 Å². The Kier molecular flexibility index (Phi) is 4.57. The second-order valence-electron chi connectivity index (χ2n) is 2.02. The Morgan fingerprint density at radius 1 is 1.46 bits per heavy atom. The smallest absolute Gasteiger partial charge is 0.284 e. The van der Waals surface area contributed by atoms with Crippen molar-refractivity contribution in [3.05, 3.63) is 0 Å². The average molecular weight is 318 g/mol. The maximum absolute atomic E-state index is 10.6. The van der Waals surface area contributed by atoms with Crippen LogP contribution in [-0.4, -0.2) is 36.0 Å². The van der Waals surface area contributed by atoms with Gasteiger partial charge in [-0.15, -0.1) is 0 Å². The van der Waals surface area contributed by atoms with E-state index in [9.17, 15) is 16.8 Å². The van der Waals surface area contributed by atoms with Gasteiger partial charge in [-0.05, 0) is 11.8 Å². The molecule has 11 heteroatoms. The summed E-state index contributed by atoms with van der Waals surface area (Å²) in [6.07, 6.45) is 0. The maximum atomic E-state index is 10.6. The standard InChI is InChI=1S/C2H6BrClN2O5S2/c3-6(4)1-2(12(5,7)8)13(9,10)11/h2H,1H2,(H2,5,7,8)(H,9,10,11). The summed E-state index contributed by atoms with van der Waals surface area (Å²) in [5, 5.41) is 4.54. The number of hydrogen-bond acceptors (Lipinski definition) is 5. The third-order valence-corrected chi connectivity index (χ3v) is 4.64. The van der Waals surface area contributed by atoms with E-state index in [0.29, 0.717) is 3.45 Å². The number of rotatable bonds is 4. The Morgan fingerprint density at radius 2 is 1.85 bits per heavy atom. The van der Waals surface area contributed by atoms with E-state index in [1.54, 1.807) is 0 Å². The summed E-state index contributed by atoms with van der Waals surface area (Å²) in [6.45, 7) is -0.695. The SMILES string of the molecule is NS(=O)(=O)C(CN(Cl)Br)S(=O)(=O)O. The number of hydrogen-bond donors (Lipinski definition) is 2.